The Hall–Kier alpha value is -0.160. The molecule has 0 aliphatic carbocycles. The highest BCUT2D eigenvalue weighted by molar-refractivity contribution is 4.73. The fourth-order valence-corrected chi connectivity index (χ4v) is 1.45. The zero-order valence-corrected chi connectivity index (χ0v) is 8.19. The Morgan fingerprint density at radius 3 is 2.69 bits per heavy atom. The minimum Gasteiger partial charge on any atom is -0.396 e. The minimum atomic E-state index is -0.524. The molecule has 13 heavy (non-hydrogen) atoms. The van der Waals surface area contributed by atoms with E-state index < -0.39 is 11.9 Å². The average Bonchev–Trinajstić information content (AvgIpc) is 2.30. The number of aliphatic hydroxyl groups is 2. The van der Waals surface area contributed by atoms with Gasteiger partial charge in [0.05, 0.1) is 18.8 Å². The van der Waals surface area contributed by atoms with E-state index in [-0.39, 0.29) is 12.7 Å². The third-order valence-corrected chi connectivity index (χ3v) is 2.06. The van der Waals surface area contributed by atoms with Gasteiger partial charge in [0.2, 0.25) is 0 Å². The number of hydrogen-bond acceptors (Lipinski definition) is 4. The topological polar surface area (TPSA) is 58.9 Å². The number of aliphatic hydroxyl groups excluding tert-OH is 2. The zero-order chi connectivity index (χ0) is 9.90. The highest BCUT2D eigenvalue weighted by Crippen LogP contribution is 2.25. The summed E-state index contributed by atoms with van der Waals surface area (Å²) in [5, 5.41) is 18.0. The molecule has 0 spiro atoms. The van der Waals surface area contributed by atoms with E-state index in [0.29, 0.717) is 19.4 Å². The van der Waals surface area contributed by atoms with Gasteiger partial charge in [-0.15, -0.1) is 0 Å². The third-order valence-electron chi connectivity index (χ3n) is 2.06. The summed E-state index contributed by atoms with van der Waals surface area (Å²) in [5.74, 6) is -0.524. The first-order valence-electron chi connectivity index (χ1n) is 4.64. The summed E-state index contributed by atoms with van der Waals surface area (Å²) in [6.45, 7) is 4.24. The maximum absolute atomic E-state index is 9.38. The lowest BCUT2D eigenvalue weighted by molar-refractivity contribution is -0.141. The normalized spacial score (nSPS) is 29.1. The molecule has 0 aromatic carbocycles. The first-order chi connectivity index (χ1) is 6.03. The Kier molecular flexibility index (Phi) is 3.67. The van der Waals surface area contributed by atoms with E-state index in [0.717, 1.165) is 0 Å². The Labute approximate surface area is 78.5 Å². The maximum atomic E-state index is 9.38. The monoisotopic (exact) mass is 190 g/mol. The predicted octanol–water partition coefficient (Wildman–Crippen LogP) is 0.271. The molecule has 0 radical (unpaired) electrons. The van der Waals surface area contributed by atoms with Gasteiger partial charge in [0, 0.05) is 13.0 Å². The molecule has 0 saturated carbocycles. The average molecular weight is 190 g/mol. The molecule has 4 nitrogen and oxygen atoms in total. The highest BCUT2D eigenvalue weighted by atomic mass is 16.7. The second-order valence-corrected chi connectivity index (χ2v) is 3.85. The van der Waals surface area contributed by atoms with Crippen molar-refractivity contribution in [3.8, 4) is 0 Å². The molecule has 0 aromatic rings. The van der Waals surface area contributed by atoms with Crippen molar-refractivity contribution in [1.29, 1.82) is 0 Å². The summed E-state index contributed by atoms with van der Waals surface area (Å²) in [6, 6.07) is 0. The van der Waals surface area contributed by atoms with Gasteiger partial charge in [-0.25, -0.2) is 0 Å². The van der Waals surface area contributed by atoms with Gasteiger partial charge in [0.1, 0.15) is 0 Å². The molecule has 1 saturated heterocycles. The van der Waals surface area contributed by atoms with Gasteiger partial charge in [0.15, 0.2) is 5.79 Å². The van der Waals surface area contributed by atoms with Crippen LogP contribution in [0.5, 0.6) is 0 Å². The van der Waals surface area contributed by atoms with E-state index in [1.165, 1.54) is 0 Å². The molecular formula is C9H18O4. The van der Waals surface area contributed by atoms with Crippen LogP contribution in [0.3, 0.4) is 0 Å². The van der Waals surface area contributed by atoms with E-state index in [1.807, 2.05) is 13.8 Å². The Bertz CT molecular complexity index is 158. The Morgan fingerprint density at radius 2 is 2.23 bits per heavy atom. The molecular weight excluding hydrogens is 172 g/mol. The predicted molar refractivity (Wildman–Crippen MR) is 47.2 cm³/mol. The van der Waals surface area contributed by atoms with Crippen molar-refractivity contribution < 1.29 is 19.7 Å². The molecule has 1 heterocycles. The van der Waals surface area contributed by atoms with Crippen molar-refractivity contribution in [2.75, 3.05) is 13.2 Å². The van der Waals surface area contributed by atoms with Crippen LogP contribution in [0, 0.1) is 0 Å². The SMILES string of the molecule is CC1(C)OC[C@@H](C[C@@H](O)CCO)O1. The molecule has 78 valence electrons. The van der Waals surface area contributed by atoms with Crippen LogP contribution in [0.15, 0.2) is 0 Å². The lowest BCUT2D eigenvalue weighted by Gasteiger charge is -2.18. The molecule has 4 heteroatoms. The van der Waals surface area contributed by atoms with Gasteiger partial charge in [-0.3, -0.25) is 0 Å². The molecule has 1 aliphatic heterocycles. The quantitative estimate of drug-likeness (QED) is 0.668. The summed E-state index contributed by atoms with van der Waals surface area (Å²) >= 11 is 0. The summed E-state index contributed by atoms with van der Waals surface area (Å²) in [7, 11) is 0. The van der Waals surface area contributed by atoms with E-state index in [1.54, 1.807) is 0 Å². The lowest BCUT2D eigenvalue weighted by atomic mass is 10.1. The van der Waals surface area contributed by atoms with Crippen LogP contribution in [-0.2, 0) is 9.47 Å². The molecule has 2 atom stereocenters. The molecule has 1 fully saturated rings. The van der Waals surface area contributed by atoms with Crippen LogP contribution in [-0.4, -0.2) is 41.4 Å². The molecule has 0 amide bonds. The molecule has 1 rings (SSSR count). The highest BCUT2D eigenvalue weighted by Gasteiger charge is 2.33. The van der Waals surface area contributed by atoms with Crippen LogP contribution in [0.4, 0.5) is 0 Å². The van der Waals surface area contributed by atoms with Crippen LogP contribution in [0.2, 0.25) is 0 Å². The summed E-state index contributed by atoms with van der Waals surface area (Å²) in [4.78, 5) is 0. The molecule has 0 bridgehead atoms. The van der Waals surface area contributed by atoms with Gasteiger partial charge < -0.3 is 19.7 Å². The van der Waals surface area contributed by atoms with Gasteiger partial charge >= 0.3 is 0 Å². The summed E-state index contributed by atoms with van der Waals surface area (Å²) < 4.78 is 10.8. The maximum Gasteiger partial charge on any atom is 0.163 e. The Morgan fingerprint density at radius 1 is 1.54 bits per heavy atom. The van der Waals surface area contributed by atoms with Crippen molar-refractivity contribution in [3.63, 3.8) is 0 Å². The fourth-order valence-electron chi connectivity index (χ4n) is 1.45. The van der Waals surface area contributed by atoms with Crippen molar-refractivity contribution >= 4 is 0 Å². The zero-order valence-electron chi connectivity index (χ0n) is 8.19. The van der Waals surface area contributed by atoms with Crippen molar-refractivity contribution in [3.05, 3.63) is 0 Å². The first-order valence-corrected chi connectivity index (χ1v) is 4.64. The van der Waals surface area contributed by atoms with Gasteiger partial charge in [0.25, 0.3) is 0 Å². The van der Waals surface area contributed by atoms with Gasteiger partial charge in [-0.2, -0.15) is 0 Å². The van der Waals surface area contributed by atoms with Crippen LogP contribution in [0.1, 0.15) is 26.7 Å². The fraction of sp³-hybridized carbons (Fsp3) is 1.00. The van der Waals surface area contributed by atoms with Crippen LogP contribution >= 0.6 is 0 Å². The molecule has 0 unspecified atom stereocenters. The standard InChI is InChI=1S/C9H18O4/c1-9(2)12-6-8(13-9)5-7(11)3-4-10/h7-8,10-11H,3-6H2,1-2H3/t7-,8+/m0/s1. The van der Waals surface area contributed by atoms with Crippen LogP contribution < -0.4 is 0 Å². The summed E-state index contributed by atoms with van der Waals surface area (Å²) in [6.07, 6.45) is 0.397. The van der Waals surface area contributed by atoms with Crippen molar-refractivity contribution in [2.24, 2.45) is 0 Å². The molecule has 0 aromatic heterocycles. The van der Waals surface area contributed by atoms with Gasteiger partial charge in [-0.05, 0) is 20.3 Å². The minimum absolute atomic E-state index is 0.0120. The van der Waals surface area contributed by atoms with E-state index >= 15 is 0 Å². The second-order valence-electron chi connectivity index (χ2n) is 3.85. The first kappa shape index (κ1) is 10.9. The van der Waals surface area contributed by atoms with Crippen molar-refractivity contribution in [1.82, 2.24) is 0 Å². The number of ether oxygens (including phenoxy) is 2. The van der Waals surface area contributed by atoms with E-state index in [9.17, 15) is 5.11 Å². The van der Waals surface area contributed by atoms with E-state index in [4.69, 9.17) is 14.6 Å². The number of rotatable bonds is 4. The second kappa shape index (κ2) is 4.37. The van der Waals surface area contributed by atoms with Gasteiger partial charge in [-0.1, -0.05) is 0 Å². The molecule has 2 N–H and O–H groups in total. The van der Waals surface area contributed by atoms with Crippen LogP contribution in [0.25, 0.3) is 0 Å². The number of hydrogen-bond donors (Lipinski definition) is 2. The molecule has 1 aliphatic rings. The summed E-state index contributed by atoms with van der Waals surface area (Å²) in [5.41, 5.74) is 0. The van der Waals surface area contributed by atoms with E-state index in [2.05, 4.69) is 0 Å². The lowest BCUT2D eigenvalue weighted by Crippen LogP contribution is -2.24. The third kappa shape index (κ3) is 3.60. The van der Waals surface area contributed by atoms with Crippen molar-refractivity contribution in [2.45, 2.75) is 44.7 Å². The smallest absolute Gasteiger partial charge is 0.163 e. The Balaban J connectivity index is 2.24. The largest absolute Gasteiger partial charge is 0.396 e.